The zero-order valence-electron chi connectivity index (χ0n) is 8.03. The minimum atomic E-state index is -0.557. The van der Waals surface area contributed by atoms with Crippen LogP contribution in [0.1, 0.15) is 5.56 Å². The molecule has 0 aromatic heterocycles. The molecule has 0 fully saturated rings. The Morgan fingerprint density at radius 1 is 1.60 bits per heavy atom. The number of carbonyl (C=O) groups excluding carboxylic acids is 1. The van der Waals surface area contributed by atoms with Crippen molar-refractivity contribution in [1.82, 2.24) is 0 Å². The molecule has 0 atom stereocenters. The number of rotatable bonds is 3. The van der Waals surface area contributed by atoms with Gasteiger partial charge in [-0.3, -0.25) is 4.79 Å². The Labute approximate surface area is 91.9 Å². The quantitative estimate of drug-likeness (QED) is 0.770. The summed E-state index contributed by atoms with van der Waals surface area (Å²) in [6, 6.07) is 3.04. The number of phenols is 1. The molecule has 0 spiro atoms. The van der Waals surface area contributed by atoms with Crippen molar-refractivity contribution in [3.63, 3.8) is 0 Å². The van der Waals surface area contributed by atoms with Gasteiger partial charge in [0.2, 0.25) is 5.91 Å². The lowest BCUT2D eigenvalue weighted by atomic mass is 10.2. The largest absolute Gasteiger partial charge is 0.503 e. The molecule has 0 aliphatic rings. The van der Waals surface area contributed by atoms with E-state index in [4.69, 9.17) is 22.1 Å². The van der Waals surface area contributed by atoms with E-state index in [0.717, 1.165) is 0 Å². The lowest BCUT2D eigenvalue weighted by Gasteiger charge is -2.05. The summed E-state index contributed by atoms with van der Waals surface area (Å²) in [4.78, 5) is 10.5. The minimum absolute atomic E-state index is 0.129. The number of benzene rings is 1. The Morgan fingerprint density at radius 2 is 2.27 bits per heavy atom. The highest BCUT2D eigenvalue weighted by Crippen LogP contribution is 2.35. The van der Waals surface area contributed by atoms with Crippen LogP contribution in [-0.4, -0.2) is 18.1 Å². The van der Waals surface area contributed by atoms with E-state index in [1.807, 2.05) is 0 Å². The van der Waals surface area contributed by atoms with Gasteiger partial charge in [0, 0.05) is 6.08 Å². The van der Waals surface area contributed by atoms with Gasteiger partial charge in [0.15, 0.2) is 11.5 Å². The molecule has 0 saturated carbocycles. The zero-order chi connectivity index (χ0) is 11.4. The molecule has 5 heteroatoms. The Bertz CT molecular complexity index is 415. The van der Waals surface area contributed by atoms with Gasteiger partial charge in [0.25, 0.3) is 0 Å². The van der Waals surface area contributed by atoms with Gasteiger partial charge >= 0.3 is 0 Å². The van der Waals surface area contributed by atoms with Crippen LogP contribution in [0.3, 0.4) is 0 Å². The monoisotopic (exact) mass is 227 g/mol. The van der Waals surface area contributed by atoms with E-state index in [1.165, 1.54) is 25.3 Å². The van der Waals surface area contributed by atoms with Gasteiger partial charge in [-0.2, -0.15) is 0 Å². The number of phenolic OH excluding ortho intramolecular Hbond substituents is 1. The van der Waals surface area contributed by atoms with Crippen molar-refractivity contribution in [1.29, 1.82) is 0 Å². The molecule has 4 nitrogen and oxygen atoms in total. The molecular weight excluding hydrogens is 218 g/mol. The smallest absolute Gasteiger partial charge is 0.241 e. The number of ether oxygens (including phenoxy) is 1. The molecule has 1 amide bonds. The number of nitrogens with two attached hydrogens (primary N) is 1. The third-order valence-electron chi connectivity index (χ3n) is 1.71. The van der Waals surface area contributed by atoms with Crippen molar-refractivity contribution in [2.24, 2.45) is 5.73 Å². The Balaban J connectivity index is 3.11. The zero-order valence-corrected chi connectivity index (χ0v) is 8.78. The van der Waals surface area contributed by atoms with Crippen LogP contribution in [0.2, 0.25) is 5.02 Å². The predicted molar refractivity (Wildman–Crippen MR) is 57.9 cm³/mol. The number of carbonyl (C=O) groups is 1. The second-order valence-electron chi connectivity index (χ2n) is 2.79. The first-order chi connectivity index (χ1) is 7.04. The summed E-state index contributed by atoms with van der Waals surface area (Å²) in [7, 11) is 1.41. The number of amides is 1. The van der Waals surface area contributed by atoms with E-state index in [2.05, 4.69) is 0 Å². The van der Waals surface area contributed by atoms with Crippen molar-refractivity contribution in [3.8, 4) is 11.5 Å². The number of methoxy groups -OCH3 is 1. The molecule has 0 aliphatic heterocycles. The Hall–Kier alpha value is -1.68. The summed E-state index contributed by atoms with van der Waals surface area (Å²) in [5, 5.41) is 9.58. The van der Waals surface area contributed by atoms with Crippen LogP contribution in [0.4, 0.5) is 0 Å². The first-order valence-corrected chi connectivity index (χ1v) is 4.46. The third kappa shape index (κ3) is 2.89. The summed E-state index contributed by atoms with van der Waals surface area (Å²) in [5.41, 5.74) is 5.56. The molecule has 0 unspecified atom stereocenters. The average Bonchev–Trinajstić information content (AvgIpc) is 2.19. The third-order valence-corrected chi connectivity index (χ3v) is 2.00. The van der Waals surface area contributed by atoms with Crippen LogP contribution in [0, 0.1) is 0 Å². The van der Waals surface area contributed by atoms with E-state index < -0.39 is 5.91 Å². The molecule has 1 rings (SSSR count). The van der Waals surface area contributed by atoms with Gasteiger partial charge in [-0.15, -0.1) is 0 Å². The molecule has 0 heterocycles. The predicted octanol–water partition coefficient (Wildman–Crippen LogP) is 1.55. The summed E-state index contributed by atoms with van der Waals surface area (Å²) in [6.07, 6.45) is 2.68. The summed E-state index contributed by atoms with van der Waals surface area (Å²) in [6.45, 7) is 0. The van der Waals surface area contributed by atoms with Gasteiger partial charge in [-0.25, -0.2) is 0 Å². The Kier molecular flexibility index (Phi) is 3.57. The fraction of sp³-hybridized carbons (Fsp3) is 0.100. The number of hydrogen-bond acceptors (Lipinski definition) is 3. The minimum Gasteiger partial charge on any atom is -0.503 e. The van der Waals surface area contributed by atoms with Crippen LogP contribution < -0.4 is 10.5 Å². The molecule has 1 aromatic rings. The Morgan fingerprint density at radius 3 is 2.80 bits per heavy atom. The maximum Gasteiger partial charge on any atom is 0.241 e. The molecule has 0 aliphatic carbocycles. The van der Waals surface area contributed by atoms with Crippen molar-refractivity contribution in [2.75, 3.05) is 7.11 Å². The molecule has 3 N–H and O–H groups in total. The average molecular weight is 228 g/mol. The van der Waals surface area contributed by atoms with Crippen LogP contribution >= 0.6 is 11.6 Å². The lowest BCUT2D eigenvalue weighted by Crippen LogP contribution is -2.05. The van der Waals surface area contributed by atoms with Gasteiger partial charge in [-0.1, -0.05) is 11.6 Å². The van der Waals surface area contributed by atoms with E-state index in [-0.39, 0.29) is 16.5 Å². The highest BCUT2D eigenvalue weighted by atomic mass is 35.5. The maximum atomic E-state index is 10.5. The van der Waals surface area contributed by atoms with Crippen molar-refractivity contribution in [3.05, 3.63) is 28.8 Å². The molecule has 1 aromatic carbocycles. The van der Waals surface area contributed by atoms with Gasteiger partial charge in [0.1, 0.15) is 0 Å². The standard InChI is InChI=1S/C10H10ClNO3/c1-15-8-5-6(2-3-9(12)13)4-7(11)10(8)14/h2-5,14H,1H3,(H2,12,13). The first kappa shape index (κ1) is 11.4. The highest BCUT2D eigenvalue weighted by molar-refractivity contribution is 6.32. The second-order valence-corrected chi connectivity index (χ2v) is 3.20. The normalized spacial score (nSPS) is 10.5. The van der Waals surface area contributed by atoms with Crippen molar-refractivity contribution < 1.29 is 14.6 Å². The molecule has 15 heavy (non-hydrogen) atoms. The van der Waals surface area contributed by atoms with Crippen LogP contribution in [0.15, 0.2) is 18.2 Å². The first-order valence-electron chi connectivity index (χ1n) is 4.08. The van der Waals surface area contributed by atoms with Crippen molar-refractivity contribution in [2.45, 2.75) is 0 Å². The van der Waals surface area contributed by atoms with E-state index in [1.54, 1.807) is 6.07 Å². The van der Waals surface area contributed by atoms with Crippen LogP contribution in [0.25, 0.3) is 6.08 Å². The van der Waals surface area contributed by atoms with Gasteiger partial charge in [0.05, 0.1) is 12.1 Å². The summed E-state index contributed by atoms with van der Waals surface area (Å²) >= 11 is 5.73. The number of halogens is 1. The van der Waals surface area contributed by atoms with Crippen molar-refractivity contribution >= 4 is 23.6 Å². The van der Waals surface area contributed by atoms with Crippen LogP contribution in [0.5, 0.6) is 11.5 Å². The van der Waals surface area contributed by atoms with E-state index in [9.17, 15) is 9.90 Å². The van der Waals surface area contributed by atoms with Gasteiger partial charge < -0.3 is 15.6 Å². The molecule has 0 radical (unpaired) electrons. The topological polar surface area (TPSA) is 72.5 Å². The second kappa shape index (κ2) is 4.70. The molecular formula is C10H10ClNO3. The molecule has 0 bridgehead atoms. The molecule has 0 saturated heterocycles. The van der Waals surface area contributed by atoms with Crippen LogP contribution in [-0.2, 0) is 4.79 Å². The number of aromatic hydroxyl groups is 1. The fourth-order valence-corrected chi connectivity index (χ4v) is 1.24. The summed E-state index contributed by atoms with van der Waals surface area (Å²) in [5.74, 6) is -0.444. The van der Waals surface area contributed by atoms with Gasteiger partial charge in [-0.05, 0) is 23.8 Å². The number of hydrogen-bond donors (Lipinski definition) is 2. The maximum absolute atomic E-state index is 10.5. The summed E-state index contributed by atoms with van der Waals surface area (Å²) < 4.78 is 4.89. The fourth-order valence-electron chi connectivity index (χ4n) is 1.02. The molecule has 80 valence electrons. The lowest BCUT2D eigenvalue weighted by molar-refractivity contribution is -0.113. The van der Waals surface area contributed by atoms with E-state index in [0.29, 0.717) is 5.56 Å². The highest BCUT2D eigenvalue weighted by Gasteiger charge is 2.07. The number of primary amides is 1. The van der Waals surface area contributed by atoms with E-state index >= 15 is 0 Å². The SMILES string of the molecule is COc1cc(C=CC(N)=O)cc(Cl)c1O.